The first-order valence-electron chi connectivity index (χ1n) is 13.5. The Morgan fingerprint density at radius 1 is 0.439 bits per heavy atom. The van der Waals surface area contributed by atoms with Crippen molar-refractivity contribution in [2.24, 2.45) is 0 Å². The van der Waals surface area contributed by atoms with E-state index in [4.69, 9.17) is 9.97 Å². The first-order valence-corrected chi connectivity index (χ1v) is 13.5. The summed E-state index contributed by atoms with van der Waals surface area (Å²) in [5.41, 5.74) is 10.1. The van der Waals surface area contributed by atoms with E-state index in [0.717, 1.165) is 50.4 Å². The third kappa shape index (κ3) is 3.90. The second-order valence-corrected chi connectivity index (χ2v) is 10.6. The van der Waals surface area contributed by atoms with Gasteiger partial charge in [0.15, 0.2) is 0 Å². The molecule has 5 heterocycles. The van der Waals surface area contributed by atoms with Gasteiger partial charge >= 0.3 is 0 Å². The van der Waals surface area contributed by atoms with Crippen LogP contribution in [-0.2, 0) is 16.8 Å². The first kappa shape index (κ1) is 23.9. The third-order valence-electron chi connectivity index (χ3n) is 7.99. The predicted octanol–water partition coefficient (Wildman–Crippen LogP) is 9.22. The van der Waals surface area contributed by atoms with Crippen LogP contribution in [0.1, 0.15) is 22.8 Å². The zero-order chi connectivity index (χ0) is 26.2. The van der Waals surface area contributed by atoms with E-state index in [1.165, 1.54) is 37.9 Å². The topological polar surface area (TPSA) is 57.4 Å². The van der Waals surface area contributed by atoms with Gasteiger partial charge in [-0.2, -0.15) is 0 Å². The number of hydrogen-bond acceptors (Lipinski definition) is 2. The average Bonchev–Trinajstić information content (AvgIpc) is 3.77. The molecular weight excluding hydrogens is 547 g/mol. The maximum Gasteiger partial charge on any atom is 0.0658 e. The van der Waals surface area contributed by atoms with Crippen LogP contribution in [0.25, 0.3) is 89.8 Å². The molecular formula is C36H22CoN4. The molecule has 2 aliphatic heterocycles. The van der Waals surface area contributed by atoms with Crippen LogP contribution >= 0.6 is 0 Å². The number of aromatic amines is 2. The van der Waals surface area contributed by atoms with Gasteiger partial charge in [0, 0.05) is 44.4 Å². The second-order valence-electron chi connectivity index (χ2n) is 10.6. The molecule has 7 aromatic rings. The maximum atomic E-state index is 4.90. The van der Waals surface area contributed by atoms with Crippen LogP contribution in [0.5, 0.6) is 0 Å². The SMILES string of the molecule is C1=Cc2cc3cc(-c4ccc5ccc6cccc7ccc4c5c67)c(cc4nc(cc5ccc(cc1n2)[nH]5)C=C4)[nH]3.[Co]. The van der Waals surface area contributed by atoms with Crippen LogP contribution in [0.2, 0.25) is 0 Å². The van der Waals surface area contributed by atoms with E-state index in [-0.39, 0.29) is 16.8 Å². The molecule has 195 valence electrons. The largest absolute Gasteiger partial charge is 0.355 e. The Bertz CT molecular complexity index is 2370. The number of rotatable bonds is 1. The van der Waals surface area contributed by atoms with Crippen LogP contribution in [-0.4, -0.2) is 19.9 Å². The maximum absolute atomic E-state index is 4.90. The molecule has 0 saturated carbocycles. The fourth-order valence-corrected chi connectivity index (χ4v) is 6.21. The molecule has 0 aliphatic carbocycles. The van der Waals surface area contributed by atoms with Crippen molar-refractivity contribution < 1.29 is 16.8 Å². The number of benzene rings is 4. The van der Waals surface area contributed by atoms with Gasteiger partial charge in [0.1, 0.15) is 0 Å². The molecule has 41 heavy (non-hydrogen) atoms. The minimum atomic E-state index is 0. The Morgan fingerprint density at radius 2 is 1.00 bits per heavy atom. The molecule has 9 rings (SSSR count). The van der Waals surface area contributed by atoms with E-state index < -0.39 is 0 Å². The molecule has 8 bridgehead atoms. The first-order chi connectivity index (χ1) is 19.7. The van der Waals surface area contributed by atoms with E-state index in [0.29, 0.717) is 0 Å². The van der Waals surface area contributed by atoms with Gasteiger partial charge in [0.2, 0.25) is 0 Å². The van der Waals surface area contributed by atoms with E-state index >= 15 is 0 Å². The Hall–Kier alpha value is -4.97. The van der Waals surface area contributed by atoms with Crippen LogP contribution in [0, 0.1) is 0 Å². The van der Waals surface area contributed by atoms with Gasteiger partial charge in [-0.1, -0.05) is 54.6 Å². The minimum absolute atomic E-state index is 0. The number of aromatic nitrogens is 4. The smallest absolute Gasteiger partial charge is 0.0658 e. The number of nitrogens with zero attached hydrogens (tertiary/aromatic N) is 2. The molecule has 4 aromatic carbocycles. The number of fused-ring (bicyclic) bond motifs is 8. The van der Waals surface area contributed by atoms with Crippen molar-refractivity contribution in [2.75, 3.05) is 0 Å². The third-order valence-corrected chi connectivity index (χ3v) is 7.99. The predicted molar refractivity (Wildman–Crippen MR) is 168 cm³/mol. The summed E-state index contributed by atoms with van der Waals surface area (Å²) in [6, 6.07) is 34.8. The van der Waals surface area contributed by atoms with E-state index in [1.807, 2.05) is 0 Å². The van der Waals surface area contributed by atoms with Gasteiger partial charge in [0.25, 0.3) is 0 Å². The van der Waals surface area contributed by atoms with Crippen molar-refractivity contribution in [1.82, 2.24) is 19.9 Å². The molecule has 1 radical (unpaired) electrons. The van der Waals surface area contributed by atoms with Crippen LogP contribution < -0.4 is 0 Å². The number of hydrogen-bond donors (Lipinski definition) is 2. The van der Waals surface area contributed by atoms with E-state index in [2.05, 4.69) is 131 Å². The molecule has 0 unspecified atom stereocenters. The standard InChI is InChI=1S/C36H22N4.Co/c1-2-21-4-5-23-6-14-31(32-15-7-22(3-1)35(21)36(23)32)33-19-30-18-28-11-10-26(38-28)16-24-8-9-25(37-24)17-27-12-13-29(39-27)20-34(33)40-30;/h1-20,37,40H;. The normalized spacial score (nSPS) is 12.5. The van der Waals surface area contributed by atoms with Crippen molar-refractivity contribution in [1.29, 1.82) is 0 Å². The van der Waals surface area contributed by atoms with Crippen LogP contribution in [0.4, 0.5) is 0 Å². The molecule has 4 nitrogen and oxygen atoms in total. The summed E-state index contributed by atoms with van der Waals surface area (Å²) in [4.78, 5) is 16.9. The molecule has 0 atom stereocenters. The molecule has 2 N–H and O–H groups in total. The van der Waals surface area contributed by atoms with Gasteiger partial charge in [-0.15, -0.1) is 0 Å². The fourth-order valence-electron chi connectivity index (χ4n) is 6.21. The molecule has 5 heteroatoms. The quantitative estimate of drug-likeness (QED) is 0.194. The average molecular weight is 570 g/mol. The van der Waals surface area contributed by atoms with Gasteiger partial charge in [0.05, 0.1) is 22.8 Å². The second kappa shape index (κ2) is 9.03. The van der Waals surface area contributed by atoms with Crippen molar-refractivity contribution in [3.8, 4) is 11.1 Å². The molecule has 2 aliphatic rings. The van der Waals surface area contributed by atoms with Gasteiger partial charge in [-0.3, -0.25) is 0 Å². The monoisotopic (exact) mass is 569 g/mol. The van der Waals surface area contributed by atoms with Crippen LogP contribution in [0.3, 0.4) is 0 Å². The summed E-state index contributed by atoms with van der Waals surface area (Å²) in [5, 5.41) is 7.70. The molecule has 0 amide bonds. The van der Waals surface area contributed by atoms with Gasteiger partial charge in [-0.05, 0) is 105 Å². The Balaban J connectivity index is 0.00000256. The zero-order valence-corrected chi connectivity index (χ0v) is 22.8. The summed E-state index contributed by atoms with van der Waals surface area (Å²) < 4.78 is 0. The summed E-state index contributed by atoms with van der Waals surface area (Å²) >= 11 is 0. The Morgan fingerprint density at radius 3 is 1.68 bits per heavy atom. The molecule has 0 spiro atoms. The zero-order valence-electron chi connectivity index (χ0n) is 21.8. The summed E-state index contributed by atoms with van der Waals surface area (Å²) in [5.74, 6) is 0. The Labute approximate surface area is 245 Å². The Kier molecular flexibility index (Phi) is 5.26. The summed E-state index contributed by atoms with van der Waals surface area (Å²) in [7, 11) is 0. The van der Waals surface area contributed by atoms with Crippen molar-refractivity contribution in [3.63, 3.8) is 0 Å². The van der Waals surface area contributed by atoms with E-state index in [9.17, 15) is 0 Å². The molecule has 3 aromatic heterocycles. The van der Waals surface area contributed by atoms with Crippen molar-refractivity contribution >= 4 is 78.7 Å². The van der Waals surface area contributed by atoms with Crippen molar-refractivity contribution in [3.05, 3.63) is 120 Å². The minimum Gasteiger partial charge on any atom is -0.355 e. The van der Waals surface area contributed by atoms with Crippen molar-refractivity contribution in [2.45, 2.75) is 0 Å². The molecule has 0 fully saturated rings. The van der Waals surface area contributed by atoms with Crippen LogP contribution in [0.15, 0.2) is 97.1 Å². The fraction of sp³-hybridized carbons (Fsp3) is 0. The number of H-pyrrole nitrogens is 2. The van der Waals surface area contributed by atoms with Gasteiger partial charge in [-0.25, -0.2) is 9.97 Å². The molecule has 0 saturated heterocycles. The number of nitrogens with one attached hydrogen (secondary N) is 2. The van der Waals surface area contributed by atoms with E-state index in [1.54, 1.807) is 0 Å². The summed E-state index contributed by atoms with van der Waals surface area (Å²) in [6.45, 7) is 0. The summed E-state index contributed by atoms with van der Waals surface area (Å²) in [6.07, 6.45) is 8.24. The van der Waals surface area contributed by atoms with Gasteiger partial charge < -0.3 is 9.97 Å².